The number of nitrogens with zero attached hydrogens (tertiary/aromatic N) is 1. The van der Waals surface area contributed by atoms with Gasteiger partial charge in [0.15, 0.2) is 0 Å². The largest absolute Gasteiger partial charge is 0.394 e. The molecule has 1 radical (unpaired) electrons. The van der Waals surface area contributed by atoms with Crippen LogP contribution in [0.4, 0.5) is 0 Å². The average Bonchev–Trinajstić information content (AvgIpc) is 2.18. The van der Waals surface area contributed by atoms with Gasteiger partial charge >= 0.3 is 0 Å². The molecule has 0 bridgehead atoms. The second-order valence-corrected chi connectivity index (χ2v) is 3.08. The molecule has 0 saturated carbocycles. The first-order valence-corrected chi connectivity index (χ1v) is 4.45. The van der Waals surface area contributed by atoms with Gasteiger partial charge in [-0.3, -0.25) is 4.98 Å². The van der Waals surface area contributed by atoms with Crippen molar-refractivity contribution in [1.82, 2.24) is 10.3 Å². The molecule has 0 saturated heterocycles. The summed E-state index contributed by atoms with van der Waals surface area (Å²) in [5, 5.41) is 2.99. The van der Waals surface area contributed by atoms with E-state index in [2.05, 4.69) is 16.4 Å². The first-order valence-electron chi connectivity index (χ1n) is 4.07. The van der Waals surface area contributed by atoms with Crippen molar-refractivity contribution in [2.75, 3.05) is 7.05 Å². The number of ketones is 1. The minimum atomic E-state index is -0.145. The predicted octanol–water partition coefficient (Wildman–Crippen LogP) is 1.84. The Bertz CT molecular complexity index is 379. The number of allylic oxidation sites excluding steroid dienone is 1. The number of aromatic nitrogens is 1. The summed E-state index contributed by atoms with van der Waals surface area (Å²) in [7, 11) is 1.73. The minimum Gasteiger partial charge on any atom is -0.394 e. The molecule has 0 unspecified atom stereocenters. The summed E-state index contributed by atoms with van der Waals surface area (Å²) in [6.07, 6.45) is 3.04. The van der Waals surface area contributed by atoms with Gasteiger partial charge in [0, 0.05) is 46.0 Å². The topological polar surface area (TPSA) is 42.0 Å². The molecule has 0 atom stereocenters. The van der Waals surface area contributed by atoms with Crippen molar-refractivity contribution in [2.45, 2.75) is 6.92 Å². The number of Topliss-reactive ketones (excluding diaryl/α,β-unsaturated/α-hetero) is 1. The fraction of sp³-hybridized carbons (Fsp3) is 0.200. The molecule has 0 amide bonds. The van der Waals surface area contributed by atoms with Crippen LogP contribution in [0.25, 0.3) is 0 Å². The van der Waals surface area contributed by atoms with Crippen LogP contribution in [0.5, 0.6) is 0 Å². The van der Waals surface area contributed by atoms with Crippen LogP contribution in [0.15, 0.2) is 24.0 Å². The molecule has 0 aromatic carbocycles. The number of nitrogens with one attached hydrogen (secondary N) is 1. The van der Waals surface area contributed by atoms with E-state index in [0.717, 1.165) is 0 Å². The Hall–Kier alpha value is -0.246. The van der Waals surface area contributed by atoms with E-state index in [1.807, 2.05) is 0 Å². The third kappa shape index (κ3) is 4.02. The van der Waals surface area contributed by atoms with Crippen molar-refractivity contribution in [3.8, 4) is 0 Å². The molecule has 1 heterocycles. The Balaban J connectivity index is 0.00000196. The zero-order chi connectivity index (χ0) is 10.6. The smallest absolute Gasteiger partial charge is 0.113 e. The zero-order valence-electron chi connectivity index (χ0n) is 8.54. The zero-order valence-corrected chi connectivity index (χ0v) is 12.1. The molecule has 1 rings (SSSR count). The van der Waals surface area contributed by atoms with Gasteiger partial charge in [-0.15, -0.1) is 0 Å². The van der Waals surface area contributed by atoms with Crippen LogP contribution in [0.3, 0.4) is 0 Å². The summed E-state index contributed by atoms with van der Waals surface area (Å²) in [6.45, 7) is 1.71. The van der Waals surface area contributed by atoms with Crippen molar-refractivity contribution in [2.24, 2.45) is 0 Å². The third-order valence-corrected chi connectivity index (χ3v) is 1.97. The van der Waals surface area contributed by atoms with Crippen molar-refractivity contribution in [1.29, 1.82) is 0 Å². The van der Waals surface area contributed by atoms with Crippen LogP contribution in [0.2, 0.25) is 5.15 Å². The van der Waals surface area contributed by atoms with E-state index in [1.54, 1.807) is 20.2 Å². The molecule has 1 aromatic heterocycles. The Labute approximate surface area is 119 Å². The molecule has 15 heavy (non-hydrogen) atoms. The summed E-state index contributed by atoms with van der Waals surface area (Å²) < 4.78 is 0. The van der Waals surface area contributed by atoms with E-state index in [9.17, 15) is 4.79 Å². The van der Waals surface area contributed by atoms with E-state index in [0.29, 0.717) is 11.1 Å². The molecular weight excluding hydrogens is 288 g/mol. The molecule has 0 spiro atoms. The fourth-order valence-electron chi connectivity index (χ4n) is 0.997. The van der Waals surface area contributed by atoms with Gasteiger partial charge in [0.1, 0.15) is 5.78 Å². The number of hydrogen-bond donors (Lipinski definition) is 1. The summed E-state index contributed by atoms with van der Waals surface area (Å²) in [5.74, 6) is -0.145. The Morgan fingerprint density at radius 3 is 2.87 bits per heavy atom. The molecule has 0 aliphatic heterocycles. The summed E-state index contributed by atoms with van der Waals surface area (Å²) >= 11 is 5.76. The molecule has 77 valence electrons. The normalized spacial score (nSPS) is 10.5. The molecule has 1 N–H and O–H groups in total. The van der Waals surface area contributed by atoms with Gasteiger partial charge in [-0.05, 0) is 12.5 Å². The van der Waals surface area contributed by atoms with Crippen molar-refractivity contribution in [3.05, 3.63) is 40.8 Å². The standard InChI is InChI=1S/C10H10ClN2O.Y/c1-7(6-12-2)9(14)8-4-3-5-13-10(8)11;/h4-6,12H,1-2H3;/q-1;/b7-6+;. The van der Waals surface area contributed by atoms with Gasteiger partial charge in [0.05, 0.1) is 5.15 Å². The Kier molecular flexibility index (Phi) is 6.98. The number of rotatable bonds is 3. The van der Waals surface area contributed by atoms with Crippen LogP contribution >= 0.6 is 11.6 Å². The Morgan fingerprint density at radius 2 is 2.33 bits per heavy atom. The average molecular weight is 299 g/mol. The quantitative estimate of drug-likeness (QED) is 0.401. The van der Waals surface area contributed by atoms with Gasteiger partial charge in [-0.2, -0.15) is 0 Å². The second-order valence-electron chi connectivity index (χ2n) is 2.72. The first kappa shape index (κ1) is 14.8. The maximum atomic E-state index is 11.7. The van der Waals surface area contributed by atoms with Crippen LogP contribution in [-0.4, -0.2) is 17.8 Å². The van der Waals surface area contributed by atoms with E-state index < -0.39 is 0 Å². The van der Waals surface area contributed by atoms with Gasteiger partial charge in [0.25, 0.3) is 0 Å². The Morgan fingerprint density at radius 1 is 1.67 bits per heavy atom. The van der Waals surface area contributed by atoms with Crippen molar-refractivity contribution in [3.63, 3.8) is 0 Å². The third-order valence-electron chi connectivity index (χ3n) is 1.67. The number of halogens is 1. The molecule has 1 aromatic rings. The minimum absolute atomic E-state index is 0. The predicted molar refractivity (Wildman–Crippen MR) is 55.2 cm³/mol. The van der Waals surface area contributed by atoms with Crippen LogP contribution in [0.1, 0.15) is 17.3 Å². The maximum absolute atomic E-state index is 11.7. The monoisotopic (exact) mass is 298 g/mol. The second kappa shape index (κ2) is 7.10. The van der Waals surface area contributed by atoms with Gasteiger partial charge in [-0.25, -0.2) is 12.1 Å². The number of pyridine rings is 1. The number of hydrogen-bond acceptors (Lipinski definition) is 3. The van der Waals surface area contributed by atoms with Crippen LogP contribution < -0.4 is 5.32 Å². The van der Waals surface area contributed by atoms with Gasteiger partial charge in [0.2, 0.25) is 0 Å². The number of carbonyl (C=O) groups is 1. The molecule has 3 nitrogen and oxygen atoms in total. The van der Waals surface area contributed by atoms with E-state index in [4.69, 9.17) is 11.6 Å². The van der Waals surface area contributed by atoms with Gasteiger partial charge in [-0.1, -0.05) is 23.4 Å². The summed E-state index contributed by atoms with van der Waals surface area (Å²) in [5.41, 5.74) is 0.953. The van der Waals surface area contributed by atoms with E-state index in [1.165, 1.54) is 12.3 Å². The number of carbonyl (C=O) groups excluding carboxylic acids is 1. The summed E-state index contributed by atoms with van der Waals surface area (Å²) in [6, 6.07) is 4.25. The van der Waals surface area contributed by atoms with E-state index >= 15 is 0 Å². The van der Waals surface area contributed by atoms with Crippen molar-refractivity contribution < 1.29 is 37.5 Å². The SMILES string of the molecule is CN/C=C(\C)C(=O)c1c[c-]cnc1Cl.[Y]. The molecule has 0 fully saturated rings. The maximum Gasteiger partial charge on any atom is 0.113 e. The first-order chi connectivity index (χ1) is 6.66. The molecule has 0 aliphatic carbocycles. The van der Waals surface area contributed by atoms with E-state index in [-0.39, 0.29) is 43.6 Å². The molecule has 0 aliphatic rings. The van der Waals surface area contributed by atoms with Gasteiger partial charge < -0.3 is 10.1 Å². The van der Waals surface area contributed by atoms with Crippen LogP contribution in [0, 0.1) is 6.07 Å². The molecular formula is C10H10ClN2OY-. The van der Waals surface area contributed by atoms with Crippen molar-refractivity contribution >= 4 is 17.4 Å². The summed E-state index contributed by atoms with van der Waals surface area (Å²) in [4.78, 5) is 15.5. The fourth-order valence-corrected chi connectivity index (χ4v) is 1.19. The van der Waals surface area contributed by atoms with Crippen LogP contribution in [-0.2, 0) is 32.7 Å². The molecule has 5 heteroatoms.